The number of hydrogen-bond acceptors (Lipinski definition) is 3. The van der Waals surface area contributed by atoms with Crippen molar-refractivity contribution in [3.8, 4) is 0 Å². The number of allylic oxidation sites excluding steroid dienone is 2. The molecule has 6 heteroatoms. The molecule has 0 unspecified atom stereocenters. The Morgan fingerprint density at radius 2 is 1.87 bits per heavy atom. The maximum absolute atomic E-state index is 12.3. The van der Waals surface area contributed by atoms with Gasteiger partial charge in [-0.25, -0.2) is 0 Å². The third-order valence-electron chi connectivity index (χ3n) is 5.00. The predicted octanol–water partition coefficient (Wildman–Crippen LogP) is 1.56. The van der Waals surface area contributed by atoms with Gasteiger partial charge in [0.25, 0.3) is 0 Å². The largest absolute Gasteiger partial charge is 0.481 e. The maximum Gasteiger partial charge on any atom is 0.307 e. The van der Waals surface area contributed by atoms with Gasteiger partial charge < -0.3 is 15.3 Å². The normalized spacial score (nSPS) is 25.0. The lowest BCUT2D eigenvalue weighted by Gasteiger charge is -2.29. The number of carboxylic acid groups (broad SMARTS) is 1. The highest BCUT2D eigenvalue weighted by Crippen LogP contribution is 2.34. The van der Waals surface area contributed by atoms with E-state index >= 15 is 0 Å². The van der Waals surface area contributed by atoms with E-state index in [1.54, 1.807) is 0 Å². The summed E-state index contributed by atoms with van der Waals surface area (Å²) in [5, 5.41) is 12.2. The molecule has 2 rings (SSSR count). The number of aliphatic carboxylic acids is 1. The Bertz CT molecular complexity index is 527. The molecule has 0 aromatic heterocycles. The van der Waals surface area contributed by atoms with Crippen LogP contribution in [0.4, 0.5) is 0 Å². The zero-order valence-corrected chi connectivity index (χ0v) is 13.9. The van der Waals surface area contributed by atoms with Crippen molar-refractivity contribution in [2.24, 2.45) is 11.8 Å². The van der Waals surface area contributed by atoms with Gasteiger partial charge in [-0.2, -0.15) is 0 Å². The van der Waals surface area contributed by atoms with Crippen LogP contribution in [0.3, 0.4) is 0 Å². The van der Waals surface area contributed by atoms with Crippen molar-refractivity contribution in [3.05, 3.63) is 11.1 Å². The number of carboxylic acids is 1. The lowest BCUT2D eigenvalue weighted by Crippen LogP contribution is -2.41. The van der Waals surface area contributed by atoms with Gasteiger partial charge in [0.05, 0.1) is 11.8 Å². The van der Waals surface area contributed by atoms with E-state index in [-0.39, 0.29) is 11.8 Å². The Morgan fingerprint density at radius 3 is 2.43 bits per heavy atom. The van der Waals surface area contributed by atoms with Crippen molar-refractivity contribution in [3.63, 3.8) is 0 Å². The molecule has 1 aliphatic carbocycles. The maximum atomic E-state index is 12.3. The summed E-state index contributed by atoms with van der Waals surface area (Å²) in [6.45, 7) is 5.84. The van der Waals surface area contributed by atoms with Gasteiger partial charge >= 0.3 is 5.97 Å². The lowest BCUT2D eigenvalue weighted by atomic mass is 9.76. The fraction of sp³-hybridized carbons (Fsp3) is 0.706. The second-order valence-corrected chi connectivity index (χ2v) is 6.65. The zero-order valence-electron chi connectivity index (χ0n) is 13.9. The first kappa shape index (κ1) is 17.5. The van der Waals surface area contributed by atoms with Crippen molar-refractivity contribution < 1.29 is 19.5 Å². The van der Waals surface area contributed by atoms with Crippen LogP contribution in [0.2, 0.25) is 0 Å². The minimum absolute atomic E-state index is 0.183. The van der Waals surface area contributed by atoms with Gasteiger partial charge in [-0.1, -0.05) is 11.1 Å². The van der Waals surface area contributed by atoms with Gasteiger partial charge in [-0.3, -0.25) is 14.4 Å². The summed E-state index contributed by atoms with van der Waals surface area (Å²) >= 11 is 0. The lowest BCUT2D eigenvalue weighted by molar-refractivity contribution is -0.147. The second kappa shape index (κ2) is 7.62. The average Bonchev–Trinajstić information content (AvgIpc) is 2.90. The van der Waals surface area contributed by atoms with Crippen molar-refractivity contribution in [1.29, 1.82) is 0 Å². The highest BCUT2D eigenvalue weighted by Gasteiger charge is 2.37. The highest BCUT2D eigenvalue weighted by molar-refractivity contribution is 5.85. The number of likely N-dealkylation sites (tertiary alicyclic amines) is 1. The smallest absolute Gasteiger partial charge is 0.307 e. The van der Waals surface area contributed by atoms with Crippen molar-refractivity contribution in [1.82, 2.24) is 10.2 Å². The molecule has 1 aliphatic heterocycles. The Morgan fingerprint density at radius 1 is 1.22 bits per heavy atom. The van der Waals surface area contributed by atoms with E-state index in [2.05, 4.69) is 5.32 Å². The monoisotopic (exact) mass is 322 g/mol. The van der Waals surface area contributed by atoms with Crippen LogP contribution in [0, 0.1) is 11.8 Å². The average molecular weight is 322 g/mol. The van der Waals surface area contributed by atoms with Crippen molar-refractivity contribution in [2.75, 3.05) is 19.6 Å². The van der Waals surface area contributed by atoms with Crippen LogP contribution in [0.25, 0.3) is 0 Å². The number of carbonyl (C=O) groups is 3. The molecule has 0 saturated carbocycles. The van der Waals surface area contributed by atoms with Gasteiger partial charge in [-0.05, 0) is 39.5 Å². The third-order valence-corrected chi connectivity index (χ3v) is 5.00. The van der Waals surface area contributed by atoms with Gasteiger partial charge in [0.2, 0.25) is 11.8 Å². The molecule has 1 fully saturated rings. The molecule has 23 heavy (non-hydrogen) atoms. The summed E-state index contributed by atoms with van der Waals surface area (Å²) in [6.07, 6.45) is 3.20. The first-order valence-electron chi connectivity index (χ1n) is 8.33. The summed E-state index contributed by atoms with van der Waals surface area (Å²) in [7, 11) is 0. The van der Waals surface area contributed by atoms with E-state index in [1.807, 2.05) is 18.7 Å². The fourth-order valence-electron chi connectivity index (χ4n) is 3.38. The molecular formula is C17H26N2O4. The number of amides is 2. The van der Waals surface area contributed by atoms with E-state index in [9.17, 15) is 19.5 Å². The van der Waals surface area contributed by atoms with Crippen LogP contribution in [0.5, 0.6) is 0 Å². The molecule has 1 saturated heterocycles. The Hall–Kier alpha value is -1.85. The summed E-state index contributed by atoms with van der Waals surface area (Å²) < 4.78 is 0. The van der Waals surface area contributed by atoms with Gasteiger partial charge in [-0.15, -0.1) is 0 Å². The van der Waals surface area contributed by atoms with E-state index in [0.29, 0.717) is 38.8 Å². The first-order chi connectivity index (χ1) is 10.9. The molecule has 2 amide bonds. The molecule has 128 valence electrons. The summed E-state index contributed by atoms with van der Waals surface area (Å²) in [4.78, 5) is 37.1. The quantitative estimate of drug-likeness (QED) is 0.574. The summed E-state index contributed by atoms with van der Waals surface area (Å²) in [5.41, 5.74) is 2.19. The van der Waals surface area contributed by atoms with Gasteiger partial charge in [0.1, 0.15) is 0 Å². The number of carbonyl (C=O) groups excluding carboxylic acids is 2. The Kier molecular flexibility index (Phi) is 5.80. The molecule has 2 aliphatic rings. The number of nitrogens with zero attached hydrogens (tertiary/aromatic N) is 1. The molecule has 2 atom stereocenters. The van der Waals surface area contributed by atoms with Crippen LogP contribution >= 0.6 is 0 Å². The molecule has 2 N–H and O–H groups in total. The molecule has 1 heterocycles. The standard InChI is InChI=1S/C17H26N2O4/c1-11-9-13(14(17(22)23)10-12(11)2)16(21)18-6-4-8-19-7-3-5-15(19)20/h13-14H,3-10H2,1-2H3,(H,18,21)(H,22,23)/t13-,14-/m1/s1. The minimum Gasteiger partial charge on any atom is -0.481 e. The number of rotatable bonds is 6. The fourth-order valence-corrected chi connectivity index (χ4v) is 3.38. The zero-order chi connectivity index (χ0) is 17.0. The van der Waals surface area contributed by atoms with E-state index in [4.69, 9.17) is 0 Å². The molecule has 0 aromatic carbocycles. The third kappa shape index (κ3) is 4.33. The molecule has 0 bridgehead atoms. The van der Waals surface area contributed by atoms with Gasteiger partial charge in [0, 0.05) is 26.1 Å². The molecule has 0 spiro atoms. The van der Waals surface area contributed by atoms with Crippen LogP contribution < -0.4 is 5.32 Å². The second-order valence-electron chi connectivity index (χ2n) is 6.65. The minimum atomic E-state index is -0.903. The molecule has 0 radical (unpaired) electrons. The topological polar surface area (TPSA) is 86.7 Å². The molecule has 6 nitrogen and oxygen atoms in total. The molecular weight excluding hydrogens is 296 g/mol. The van der Waals surface area contributed by atoms with Crippen molar-refractivity contribution in [2.45, 2.75) is 46.0 Å². The predicted molar refractivity (Wildman–Crippen MR) is 85.7 cm³/mol. The van der Waals surface area contributed by atoms with E-state index in [1.165, 1.54) is 0 Å². The van der Waals surface area contributed by atoms with E-state index in [0.717, 1.165) is 24.1 Å². The van der Waals surface area contributed by atoms with E-state index < -0.39 is 17.8 Å². The highest BCUT2D eigenvalue weighted by atomic mass is 16.4. The van der Waals surface area contributed by atoms with Crippen LogP contribution in [0.15, 0.2) is 11.1 Å². The Labute approximate surface area is 136 Å². The summed E-state index contributed by atoms with van der Waals surface area (Å²) in [6, 6.07) is 0. The van der Waals surface area contributed by atoms with Crippen molar-refractivity contribution >= 4 is 17.8 Å². The number of nitrogens with one attached hydrogen (secondary N) is 1. The Balaban J connectivity index is 1.81. The number of hydrogen-bond donors (Lipinski definition) is 2. The van der Waals surface area contributed by atoms with Crippen LogP contribution in [-0.2, 0) is 14.4 Å². The van der Waals surface area contributed by atoms with Crippen LogP contribution in [-0.4, -0.2) is 47.4 Å². The first-order valence-corrected chi connectivity index (χ1v) is 8.33. The molecule has 0 aromatic rings. The SMILES string of the molecule is CC1=C(C)C[C@@H](C(=O)NCCCN2CCCC2=O)[C@H](C(=O)O)C1. The van der Waals surface area contributed by atoms with Crippen LogP contribution in [0.1, 0.15) is 46.0 Å². The summed E-state index contributed by atoms with van der Waals surface area (Å²) in [5.74, 6) is -2.04. The van der Waals surface area contributed by atoms with Gasteiger partial charge in [0.15, 0.2) is 0 Å².